The standard InChI is InChI=1S/C16H16N4O2S2/c1-11-9-12(2)15(13(3)10-11)24(21,22)23-16-17-18-19-20(16)14-7-5-4-6-8-14/h4-10H,1-3H3. The van der Waals surface area contributed by atoms with Crippen molar-refractivity contribution in [3.8, 4) is 5.69 Å². The van der Waals surface area contributed by atoms with Crippen molar-refractivity contribution >= 4 is 19.7 Å². The molecule has 3 aromatic rings. The molecule has 124 valence electrons. The van der Waals surface area contributed by atoms with Crippen LogP contribution in [0.3, 0.4) is 0 Å². The zero-order chi connectivity index (χ0) is 17.3. The van der Waals surface area contributed by atoms with E-state index >= 15 is 0 Å². The van der Waals surface area contributed by atoms with Gasteiger partial charge in [-0.15, -0.1) is 5.10 Å². The van der Waals surface area contributed by atoms with Crippen LogP contribution in [-0.4, -0.2) is 28.6 Å². The molecule has 8 heteroatoms. The van der Waals surface area contributed by atoms with Gasteiger partial charge in [0.05, 0.1) is 21.4 Å². The molecule has 0 amide bonds. The molecule has 1 aromatic heterocycles. The average molecular weight is 360 g/mol. The van der Waals surface area contributed by atoms with E-state index in [1.165, 1.54) is 4.68 Å². The molecule has 0 aliphatic rings. The van der Waals surface area contributed by atoms with E-state index in [0.717, 1.165) is 16.7 Å². The predicted molar refractivity (Wildman–Crippen MR) is 92.8 cm³/mol. The number of tetrazole rings is 1. The van der Waals surface area contributed by atoms with Gasteiger partial charge in [0, 0.05) is 0 Å². The molecular weight excluding hydrogens is 344 g/mol. The van der Waals surface area contributed by atoms with Crippen LogP contribution in [0, 0.1) is 20.8 Å². The fourth-order valence-electron chi connectivity index (χ4n) is 2.66. The van der Waals surface area contributed by atoms with Gasteiger partial charge in [0.1, 0.15) is 0 Å². The summed E-state index contributed by atoms with van der Waals surface area (Å²) in [6, 6.07) is 12.9. The summed E-state index contributed by atoms with van der Waals surface area (Å²) in [5, 5.41) is 11.6. The molecule has 0 fully saturated rings. The summed E-state index contributed by atoms with van der Waals surface area (Å²) in [6.07, 6.45) is 0. The van der Waals surface area contributed by atoms with Crippen molar-refractivity contribution in [1.29, 1.82) is 0 Å². The van der Waals surface area contributed by atoms with Crippen molar-refractivity contribution < 1.29 is 8.42 Å². The van der Waals surface area contributed by atoms with Crippen LogP contribution >= 0.6 is 10.8 Å². The van der Waals surface area contributed by atoms with E-state index in [1.54, 1.807) is 13.8 Å². The van der Waals surface area contributed by atoms with E-state index in [2.05, 4.69) is 15.5 Å². The predicted octanol–water partition coefficient (Wildman–Crippen LogP) is 3.07. The maximum atomic E-state index is 12.9. The number of rotatable bonds is 4. The molecule has 0 spiro atoms. The first-order valence-corrected chi connectivity index (χ1v) is 10.1. The van der Waals surface area contributed by atoms with Crippen molar-refractivity contribution in [2.45, 2.75) is 30.8 Å². The Balaban J connectivity index is 2.02. The Hall–Kier alpha value is -2.19. The van der Waals surface area contributed by atoms with Gasteiger partial charge in [-0.25, -0.2) is 8.42 Å². The molecule has 0 radical (unpaired) electrons. The third kappa shape index (κ3) is 3.20. The van der Waals surface area contributed by atoms with Crippen LogP contribution in [0.1, 0.15) is 16.7 Å². The minimum absolute atomic E-state index is 0.209. The Kier molecular flexibility index (Phi) is 4.42. The quantitative estimate of drug-likeness (QED) is 0.666. The van der Waals surface area contributed by atoms with E-state index in [1.807, 2.05) is 49.4 Å². The summed E-state index contributed by atoms with van der Waals surface area (Å²) in [7, 11) is -2.98. The molecule has 0 saturated carbocycles. The van der Waals surface area contributed by atoms with Crippen LogP contribution in [0.15, 0.2) is 52.5 Å². The zero-order valence-electron chi connectivity index (χ0n) is 13.5. The van der Waals surface area contributed by atoms with E-state index in [9.17, 15) is 8.42 Å². The fourth-order valence-corrected chi connectivity index (χ4v) is 6.07. The molecule has 1 heterocycles. The monoisotopic (exact) mass is 360 g/mol. The topological polar surface area (TPSA) is 77.7 Å². The molecule has 0 unspecified atom stereocenters. The summed E-state index contributed by atoms with van der Waals surface area (Å²) in [5.74, 6) is 0. The Morgan fingerprint density at radius 3 is 2.25 bits per heavy atom. The van der Waals surface area contributed by atoms with E-state index in [4.69, 9.17) is 0 Å². The van der Waals surface area contributed by atoms with Crippen LogP contribution in [0.4, 0.5) is 0 Å². The first-order valence-electron chi connectivity index (χ1n) is 7.24. The van der Waals surface area contributed by atoms with Gasteiger partial charge in [0.2, 0.25) is 14.0 Å². The van der Waals surface area contributed by atoms with Crippen LogP contribution in [-0.2, 0) is 8.87 Å². The number of hydrogen-bond acceptors (Lipinski definition) is 6. The second-order valence-corrected chi connectivity index (χ2v) is 9.14. The van der Waals surface area contributed by atoms with Gasteiger partial charge in [-0.1, -0.05) is 35.9 Å². The zero-order valence-corrected chi connectivity index (χ0v) is 15.1. The lowest BCUT2D eigenvalue weighted by Gasteiger charge is -2.11. The Bertz CT molecular complexity index is 959. The minimum Gasteiger partial charge on any atom is -0.212 e. The van der Waals surface area contributed by atoms with Crippen molar-refractivity contribution in [2.24, 2.45) is 0 Å². The number of hydrogen-bond donors (Lipinski definition) is 0. The highest BCUT2D eigenvalue weighted by Gasteiger charge is 2.25. The van der Waals surface area contributed by atoms with Crippen LogP contribution in [0.5, 0.6) is 0 Å². The Morgan fingerprint density at radius 2 is 1.62 bits per heavy atom. The summed E-state index contributed by atoms with van der Waals surface area (Å²) >= 11 is 0. The Morgan fingerprint density at radius 1 is 1.00 bits per heavy atom. The lowest BCUT2D eigenvalue weighted by Crippen LogP contribution is -2.05. The van der Waals surface area contributed by atoms with Gasteiger partial charge in [-0.2, -0.15) is 4.68 Å². The normalized spacial score (nSPS) is 11.6. The smallest absolute Gasteiger partial charge is 0.212 e. The highest BCUT2D eigenvalue weighted by molar-refractivity contribution is 8.72. The lowest BCUT2D eigenvalue weighted by atomic mass is 10.1. The second-order valence-electron chi connectivity index (χ2n) is 5.47. The Labute approximate surface area is 144 Å². The number of benzene rings is 2. The van der Waals surface area contributed by atoms with E-state index in [-0.39, 0.29) is 5.16 Å². The highest BCUT2D eigenvalue weighted by Crippen LogP contribution is 2.34. The average Bonchev–Trinajstić information content (AvgIpc) is 2.94. The molecule has 24 heavy (non-hydrogen) atoms. The number of aryl methyl sites for hydroxylation is 3. The third-order valence-electron chi connectivity index (χ3n) is 3.48. The summed E-state index contributed by atoms with van der Waals surface area (Å²) in [4.78, 5) is 0.320. The van der Waals surface area contributed by atoms with Crippen molar-refractivity contribution in [3.63, 3.8) is 0 Å². The molecule has 0 N–H and O–H groups in total. The number of nitrogens with zero attached hydrogens (tertiary/aromatic N) is 4. The highest BCUT2D eigenvalue weighted by atomic mass is 33.1. The maximum absolute atomic E-state index is 12.9. The van der Waals surface area contributed by atoms with Crippen LogP contribution in [0.2, 0.25) is 0 Å². The largest absolute Gasteiger partial charge is 0.238 e. The molecule has 3 rings (SSSR count). The minimum atomic E-state index is -3.64. The molecule has 0 aliphatic carbocycles. The summed E-state index contributed by atoms with van der Waals surface area (Å²) < 4.78 is 27.2. The fraction of sp³-hybridized carbons (Fsp3) is 0.188. The van der Waals surface area contributed by atoms with E-state index < -0.39 is 8.87 Å². The van der Waals surface area contributed by atoms with Crippen molar-refractivity contribution in [2.75, 3.05) is 0 Å². The summed E-state index contributed by atoms with van der Waals surface area (Å²) in [6.45, 7) is 5.54. The molecule has 0 atom stereocenters. The SMILES string of the molecule is Cc1cc(C)c(S(=O)(=O)Sc2nnnn2-c2ccccc2)c(C)c1. The lowest BCUT2D eigenvalue weighted by molar-refractivity contribution is 0.609. The van der Waals surface area contributed by atoms with Gasteiger partial charge in [0.25, 0.3) is 0 Å². The third-order valence-corrected chi connectivity index (χ3v) is 6.85. The first kappa shape index (κ1) is 16.7. The van der Waals surface area contributed by atoms with Crippen LogP contribution in [0.25, 0.3) is 5.69 Å². The number of para-hydroxylation sites is 1. The number of aromatic nitrogens is 4. The summed E-state index contributed by atoms with van der Waals surface area (Å²) in [5.41, 5.74) is 3.18. The molecule has 2 aromatic carbocycles. The van der Waals surface area contributed by atoms with Gasteiger partial charge >= 0.3 is 0 Å². The second kappa shape index (κ2) is 6.37. The van der Waals surface area contributed by atoms with Gasteiger partial charge in [-0.3, -0.25) is 0 Å². The molecule has 0 bridgehead atoms. The molecule has 0 saturated heterocycles. The van der Waals surface area contributed by atoms with Crippen LogP contribution < -0.4 is 0 Å². The first-order chi connectivity index (χ1) is 11.4. The van der Waals surface area contributed by atoms with Gasteiger partial charge in [0.15, 0.2) is 0 Å². The molecular formula is C16H16N4O2S2. The van der Waals surface area contributed by atoms with Gasteiger partial charge < -0.3 is 0 Å². The van der Waals surface area contributed by atoms with E-state index in [0.29, 0.717) is 21.4 Å². The maximum Gasteiger partial charge on any atom is 0.238 e. The molecule has 6 nitrogen and oxygen atoms in total. The van der Waals surface area contributed by atoms with Gasteiger partial charge in [-0.05, 0) is 54.5 Å². The van der Waals surface area contributed by atoms with Crippen molar-refractivity contribution in [1.82, 2.24) is 20.2 Å². The molecule has 0 aliphatic heterocycles. The van der Waals surface area contributed by atoms with Crippen molar-refractivity contribution in [3.05, 3.63) is 59.2 Å².